The number of methoxy groups -OCH3 is 5. The standard InChI is InChI=1S/C56H73ClFN3O11S/c1-39(40(2)73(64,65)61(33-41-11-17-47(68-5)18-12-41)34-42-13-19-48(69-6)20-14-42)10-23-52(58)56(63,37-59(26-29-66-3)27-30-67-4)53-45(24-28-71-53)35-60-36-55(25-8-9-43-31-46(57)16-21-49(43)55)38-72-51-22-15-44(32-50(51)60)54(62)70-7/h11-23,31-32,39-40,45,53,63H,8-10,24-30,33-38H2,1-7H3/b52-23-/t39-,40+,45-,53+,55-,56?/m0/s1. The van der Waals surface area contributed by atoms with Gasteiger partial charge in [0.05, 0.1) is 63.8 Å². The van der Waals surface area contributed by atoms with Crippen molar-refractivity contribution >= 4 is 33.3 Å². The predicted octanol–water partition coefficient (Wildman–Crippen LogP) is 8.65. The van der Waals surface area contributed by atoms with Gasteiger partial charge in [-0.2, -0.15) is 4.31 Å². The molecule has 6 atom stereocenters. The van der Waals surface area contributed by atoms with Crippen molar-refractivity contribution in [1.29, 1.82) is 0 Å². The highest BCUT2D eigenvalue weighted by atomic mass is 35.5. The zero-order chi connectivity index (χ0) is 52.3. The fourth-order valence-electron chi connectivity index (χ4n) is 10.6. The van der Waals surface area contributed by atoms with Crippen LogP contribution in [0.1, 0.15) is 72.1 Å². The Morgan fingerprint density at radius 1 is 0.932 bits per heavy atom. The number of anilines is 1. The molecule has 1 fully saturated rings. The number of aliphatic hydroxyl groups is 1. The SMILES string of the molecule is COCCN(CCOC)CC(O)(/C(F)=C/C[C@H](C)[C@@H](C)S(=O)(=O)N(Cc1ccc(OC)cc1)Cc1ccc(OC)cc1)[C@@H]1OCC[C@H]1CN1C[C@@]2(CCCc3cc(Cl)ccc32)COc2ccc(C(=O)OC)cc21. The number of fused-ring (bicyclic) bond motifs is 3. The van der Waals surface area contributed by atoms with Gasteiger partial charge >= 0.3 is 5.97 Å². The van der Waals surface area contributed by atoms with Crippen molar-refractivity contribution in [2.24, 2.45) is 11.8 Å². The van der Waals surface area contributed by atoms with Crippen LogP contribution in [0.3, 0.4) is 0 Å². The number of allylic oxidation sites excluding steroid dienone is 1. The van der Waals surface area contributed by atoms with E-state index >= 15 is 4.39 Å². The summed E-state index contributed by atoms with van der Waals surface area (Å²) in [5.74, 6) is -0.410. The maximum absolute atomic E-state index is 17.8. The monoisotopic (exact) mass is 1050 g/mol. The van der Waals surface area contributed by atoms with Crippen molar-refractivity contribution in [3.05, 3.63) is 130 Å². The molecule has 0 bridgehead atoms. The van der Waals surface area contributed by atoms with Crippen molar-refractivity contribution in [3.63, 3.8) is 0 Å². The summed E-state index contributed by atoms with van der Waals surface area (Å²) in [6.07, 6.45) is 3.44. The first-order valence-electron chi connectivity index (χ1n) is 25.1. The predicted molar refractivity (Wildman–Crippen MR) is 281 cm³/mol. The van der Waals surface area contributed by atoms with Gasteiger partial charge < -0.3 is 43.2 Å². The quantitative estimate of drug-likeness (QED) is 0.0669. The molecule has 0 saturated carbocycles. The van der Waals surface area contributed by atoms with E-state index in [-0.39, 0.29) is 32.7 Å². The minimum absolute atomic E-state index is 0.0000697. The van der Waals surface area contributed by atoms with E-state index < -0.39 is 56.0 Å². The van der Waals surface area contributed by atoms with E-state index in [2.05, 4.69) is 11.0 Å². The highest BCUT2D eigenvalue weighted by Crippen LogP contribution is 2.46. The molecule has 1 N–H and O–H groups in total. The summed E-state index contributed by atoms with van der Waals surface area (Å²) in [5, 5.41) is 12.9. The lowest BCUT2D eigenvalue weighted by Crippen LogP contribution is -2.56. The van der Waals surface area contributed by atoms with Crippen LogP contribution in [0.2, 0.25) is 5.02 Å². The largest absolute Gasteiger partial charge is 0.497 e. The lowest BCUT2D eigenvalue weighted by atomic mass is 9.70. The Labute approximate surface area is 436 Å². The smallest absolute Gasteiger partial charge is 0.337 e. The van der Waals surface area contributed by atoms with Crippen LogP contribution in [0.5, 0.6) is 17.2 Å². The number of sulfonamides is 1. The molecule has 14 nitrogen and oxygen atoms in total. The topological polar surface area (TPSA) is 146 Å². The van der Waals surface area contributed by atoms with E-state index in [4.69, 9.17) is 44.8 Å². The Hall–Kier alpha value is -4.78. The van der Waals surface area contributed by atoms with Gasteiger partial charge in [0.1, 0.15) is 23.1 Å². The van der Waals surface area contributed by atoms with E-state index in [1.165, 1.54) is 17.5 Å². The molecule has 1 saturated heterocycles. The maximum atomic E-state index is 17.8. The Kier molecular flexibility index (Phi) is 19.3. The van der Waals surface area contributed by atoms with Crippen LogP contribution in [0.4, 0.5) is 10.1 Å². The first-order valence-corrected chi connectivity index (χ1v) is 27.0. The number of carbonyl (C=O) groups excluding carboxylic acids is 1. The van der Waals surface area contributed by atoms with Crippen molar-refractivity contribution in [2.75, 3.05) is 99.6 Å². The molecule has 73 heavy (non-hydrogen) atoms. The number of esters is 1. The van der Waals surface area contributed by atoms with E-state index in [1.54, 1.807) is 84.8 Å². The van der Waals surface area contributed by atoms with Crippen molar-refractivity contribution in [1.82, 2.24) is 9.21 Å². The second-order valence-electron chi connectivity index (χ2n) is 19.8. The highest BCUT2D eigenvalue weighted by Gasteiger charge is 2.51. The molecular weight excluding hydrogens is 977 g/mol. The third-order valence-electron chi connectivity index (χ3n) is 15.0. The Bertz CT molecular complexity index is 2550. The summed E-state index contributed by atoms with van der Waals surface area (Å²) >= 11 is 6.54. The first kappa shape index (κ1) is 56.0. The van der Waals surface area contributed by atoms with Gasteiger partial charge in [0.25, 0.3) is 0 Å². The molecule has 398 valence electrons. The van der Waals surface area contributed by atoms with Gasteiger partial charge in [0.2, 0.25) is 10.0 Å². The Morgan fingerprint density at radius 3 is 2.18 bits per heavy atom. The van der Waals surface area contributed by atoms with Gasteiger partial charge in [-0.25, -0.2) is 17.6 Å². The molecule has 0 amide bonds. The number of ether oxygens (including phenoxy) is 7. The summed E-state index contributed by atoms with van der Waals surface area (Å²) in [5.41, 5.74) is 2.26. The van der Waals surface area contributed by atoms with Crippen LogP contribution in [-0.4, -0.2) is 140 Å². The van der Waals surface area contributed by atoms with E-state index in [1.807, 2.05) is 41.3 Å². The van der Waals surface area contributed by atoms with Gasteiger partial charge in [0.15, 0.2) is 5.60 Å². The van der Waals surface area contributed by atoms with Crippen molar-refractivity contribution in [3.8, 4) is 17.2 Å². The molecule has 7 rings (SSSR count). The Morgan fingerprint density at radius 2 is 1.58 bits per heavy atom. The van der Waals surface area contributed by atoms with E-state index in [0.29, 0.717) is 85.9 Å². The molecule has 1 aliphatic carbocycles. The van der Waals surface area contributed by atoms with Gasteiger partial charge in [-0.3, -0.25) is 4.90 Å². The van der Waals surface area contributed by atoms with Gasteiger partial charge in [-0.05, 0) is 128 Å². The van der Waals surface area contributed by atoms with Gasteiger partial charge in [0, 0.05) is 83.0 Å². The zero-order valence-electron chi connectivity index (χ0n) is 43.3. The average molecular weight is 1050 g/mol. The number of aryl methyl sites for hydroxylation is 1. The summed E-state index contributed by atoms with van der Waals surface area (Å²) in [4.78, 5) is 17.1. The molecule has 0 radical (unpaired) electrons. The fraction of sp³-hybridized carbons (Fsp3) is 0.518. The minimum Gasteiger partial charge on any atom is -0.497 e. The summed E-state index contributed by atoms with van der Waals surface area (Å²) in [7, 11) is 3.65. The van der Waals surface area contributed by atoms with E-state index in [9.17, 15) is 18.3 Å². The highest BCUT2D eigenvalue weighted by molar-refractivity contribution is 7.89. The van der Waals surface area contributed by atoms with Crippen molar-refractivity contribution < 1.29 is 55.9 Å². The fourth-order valence-corrected chi connectivity index (χ4v) is 12.7. The second kappa shape index (κ2) is 25.2. The number of hydrogen-bond donors (Lipinski definition) is 1. The van der Waals surface area contributed by atoms with Crippen molar-refractivity contribution in [2.45, 2.75) is 81.4 Å². The molecule has 2 aliphatic heterocycles. The molecule has 4 aromatic rings. The normalized spacial score (nSPS) is 20.7. The minimum atomic E-state index is -4.02. The molecular formula is C56H73ClFN3O11S. The lowest BCUT2D eigenvalue weighted by Gasteiger charge is -2.43. The molecule has 1 spiro atoms. The third-order valence-corrected chi connectivity index (χ3v) is 17.7. The lowest BCUT2D eigenvalue weighted by molar-refractivity contribution is -0.103. The third kappa shape index (κ3) is 13.2. The second-order valence-corrected chi connectivity index (χ2v) is 22.5. The molecule has 4 aromatic carbocycles. The summed E-state index contributed by atoms with van der Waals surface area (Å²) < 4.78 is 88.7. The van der Waals surface area contributed by atoms with Gasteiger partial charge in [-0.15, -0.1) is 0 Å². The first-order chi connectivity index (χ1) is 35.1. The number of benzene rings is 4. The molecule has 17 heteroatoms. The van der Waals surface area contributed by atoms with Crippen LogP contribution in [0.15, 0.2) is 96.8 Å². The number of hydrogen-bond acceptors (Lipinski definition) is 13. The number of rotatable bonds is 24. The number of nitrogens with zero attached hydrogens (tertiary/aromatic N) is 3. The Balaban J connectivity index is 1.21. The maximum Gasteiger partial charge on any atom is 0.337 e. The molecule has 2 heterocycles. The van der Waals surface area contributed by atoms with Crippen LogP contribution < -0.4 is 19.1 Å². The van der Waals surface area contributed by atoms with Crippen LogP contribution in [-0.2, 0) is 53.9 Å². The van der Waals surface area contributed by atoms with E-state index in [0.717, 1.165) is 41.5 Å². The zero-order valence-corrected chi connectivity index (χ0v) is 44.9. The number of halogens is 2. The molecule has 0 aromatic heterocycles. The van der Waals surface area contributed by atoms with Crippen LogP contribution in [0, 0.1) is 11.8 Å². The summed E-state index contributed by atoms with van der Waals surface area (Å²) in [6, 6.07) is 25.8. The van der Waals surface area contributed by atoms with Crippen LogP contribution >= 0.6 is 11.6 Å². The molecule has 1 unspecified atom stereocenters. The molecule has 3 aliphatic rings. The van der Waals surface area contributed by atoms with Crippen LogP contribution in [0.25, 0.3) is 0 Å². The van der Waals surface area contributed by atoms with Gasteiger partial charge in [-0.1, -0.05) is 48.9 Å². The number of carbonyl (C=O) groups is 1. The summed E-state index contributed by atoms with van der Waals surface area (Å²) in [6.45, 7) is 6.33. The average Bonchev–Trinajstić information content (AvgIpc) is 3.82.